The number of carbonyl (C=O) groups is 2. The fourth-order valence-electron chi connectivity index (χ4n) is 1.61. The van der Waals surface area contributed by atoms with Gasteiger partial charge in [-0.05, 0) is 19.1 Å². The van der Waals surface area contributed by atoms with E-state index in [9.17, 15) is 18.0 Å². The average Bonchev–Trinajstić information content (AvgIpc) is 2.48. The molecule has 0 fully saturated rings. The van der Waals surface area contributed by atoms with Crippen molar-refractivity contribution in [2.45, 2.75) is 11.8 Å². The summed E-state index contributed by atoms with van der Waals surface area (Å²) in [5.41, 5.74) is 0.0327. The number of nitrogens with zero attached hydrogens (tertiary/aromatic N) is 1. The monoisotopic (exact) mass is 251 g/mol. The number of fused-ring (bicyclic) bond motifs is 1. The molecular formula is C11H9NO4S. The minimum Gasteiger partial charge on any atom is -0.268 e. The molecular weight excluding hydrogens is 242 g/mol. The van der Waals surface area contributed by atoms with E-state index in [1.807, 2.05) is 0 Å². The number of benzene rings is 1. The Labute approximate surface area is 98.4 Å². The molecule has 6 heteroatoms. The van der Waals surface area contributed by atoms with Gasteiger partial charge in [0, 0.05) is 6.08 Å². The first-order valence-corrected chi connectivity index (χ1v) is 6.29. The molecule has 1 aromatic carbocycles. The van der Waals surface area contributed by atoms with Crippen molar-refractivity contribution in [3.63, 3.8) is 0 Å². The molecule has 0 aliphatic carbocycles. The molecule has 88 valence electrons. The minimum absolute atomic E-state index is 0.0327. The zero-order chi connectivity index (χ0) is 12.6. The van der Waals surface area contributed by atoms with E-state index in [4.69, 9.17) is 0 Å². The van der Waals surface area contributed by atoms with Crippen LogP contribution in [0.3, 0.4) is 0 Å². The summed E-state index contributed by atoms with van der Waals surface area (Å²) in [6.07, 6.45) is 2.43. The molecule has 1 heterocycles. The summed E-state index contributed by atoms with van der Waals surface area (Å²) in [5.74, 6) is -1.66. The van der Waals surface area contributed by atoms with Gasteiger partial charge in [0.2, 0.25) is 0 Å². The Kier molecular flexibility index (Phi) is 2.59. The first-order chi connectivity index (χ1) is 8.00. The molecule has 1 aliphatic rings. The lowest BCUT2D eigenvalue weighted by Crippen LogP contribution is -2.34. The van der Waals surface area contributed by atoms with E-state index in [1.165, 1.54) is 24.3 Å². The number of hydrogen-bond donors (Lipinski definition) is 0. The van der Waals surface area contributed by atoms with Gasteiger partial charge in [-0.15, -0.1) is 0 Å². The maximum Gasteiger partial charge on any atom is 0.276 e. The number of hydrogen-bond acceptors (Lipinski definition) is 4. The van der Waals surface area contributed by atoms with E-state index < -0.39 is 21.8 Å². The average molecular weight is 251 g/mol. The second-order valence-electron chi connectivity index (χ2n) is 3.41. The highest BCUT2D eigenvalue weighted by atomic mass is 32.2. The first kappa shape index (κ1) is 11.5. The van der Waals surface area contributed by atoms with E-state index in [2.05, 4.69) is 0 Å². The van der Waals surface area contributed by atoms with E-state index >= 15 is 0 Å². The van der Waals surface area contributed by atoms with E-state index in [0.29, 0.717) is 0 Å². The fourth-order valence-corrected chi connectivity index (χ4v) is 3.11. The van der Waals surface area contributed by atoms with Crippen molar-refractivity contribution in [2.75, 3.05) is 0 Å². The van der Waals surface area contributed by atoms with E-state index in [1.54, 1.807) is 13.0 Å². The SMILES string of the molecule is CC=CC(=O)N1C(=O)c2ccccc2S1(=O)=O. The molecule has 17 heavy (non-hydrogen) atoms. The topological polar surface area (TPSA) is 71.5 Å². The number of rotatable bonds is 1. The predicted molar refractivity (Wildman–Crippen MR) is 59.6 cm³/mol. The molecule has 1 aromatic rings. The summed E-state index contributed by atoms with van der Waals surface area (Å²) in [4.78, 5) is 23.3. The molecule has 0 aromatic heterocycles. The Morgan fingerprint density at radius 2 is 1.94 bits per heavy atom. The van der Waals surface area contributed by atoms with Crippen molar-refractivity contribution in [1.82, 2.24) is 4.31 Å². The van der Waals surface area contributed by atoms with Gasteiger partial charge in [-0.3, -0.25) is 9.59 Å². The van der Waals surface area contributed by atoms with Crippen molar-refractivity contribution >= 4 is 21.8 Å². The van der Waals surface area contributed by atoms with Gasteiger partial charge in [0.1, 0.15) is 4.90 Å². The third-order valence-corrected chi connectivity index (χ3v) is 4.07. The van der Waals surface area contributed by atoms with Crippen LogP contribution in [0.5, 0.6) is 0 Å². The largest absolute Gasteiger partial charge is 0.276 e. The molecule has 0 spiro atoms. The van der Waals surface area contributed by atoms with Crippen molar-refractivity contribution < 1.29 is 18.0 Å². The van der Waals surface area contributed by atoms with Gasteiger partial charge in [0.15, 0.2) is 0 Å². The van der Waals surface area contributed by atoms with Crippen LogP contribution in [0.2, 0.25) is 0 Å². The molecule has 0 atom stereocenters. The Morgan fingerprint density at radius 1 is 1.29 bits per heavy atom. The quantitative estimate of drug-likeness (QED) is 0.696. The maximum absolute atomic E-state index is 12.0. The lowest BCUT2D eigenvalue weighted by atomic mass is 10.2. The van der Waals surface area contributed by atoms with Crippen LogP contribution in [0.4, 0.5) is 0 Å². The molecule has 2 amide bonds. The van der Waals surface area contributed by atoms with Crippen molar-refractivity contribution in [3.8, 4) is 0 Å². The molecule has 0 N–H and O–H groups in total. The van der Waals surface area contributed by atoms with Crippen LogP contribution in [0.15, 0.2) is 41.3 Å². The molecule has 2 rings (SSSR count). The standard InChI is InChI=1S/C11H9NO4S/c1-2-5-10(13)12-11(14)8-6-3-4-7-9(8)17(12,15)16/h2-7H,1H3. The van der Waals surface area contributed by atoms with Crippen LogP contribution >= 0.6 is 0 Å². The summed E-state index contributed by atoms with van der Waals surface area (Å²) < 4.78 is 24.2. The zero-order valence-corrected chi connectivity index (χ0v) is 9.77. The van der Waals surface area contributed by atoms with Gasteiger partial charge in [-0.25, -0.2) is 8.42 Å². The van der Waals surface area contributed by atoms with E-state index in [0.717, 1.165) is 6.08 Å². The molecule has 0 unspecified atom stereocenters. The highest BCUT2D eigenvalue weighted by Gasteiger charge is 2.44. The molecule has 0 radical (unpaired) electrons. The Morgan fingerprint density at radius 3 is 2.53 bits per heavy atom. The van der Waals surface area contributed by atoms with Crippen LogP contribution in [-0.2, 0) is 14.8 Å². The number of imide groups is 1. The number of allylic oxidation sites excluding steroid dienone is 1. The van der Waals surface area contributed by atoms with Gasteiger partial charge in [0.25, 0.3) is 21.8 Å². The highest BCUT2D eigenvalue weighted by Crippen LogP contribution is 2.29. The molecule has 0 bridgehead atoms. The Bertz CT molecular complexity index is 631. The summed E-state index contributed by atoms with van der Waals surface area (Å²) >= 11 is 0. The number of sulfonamides is 1. The first-order valence-electron chi connectivity index (χ1n) is 4.85. The predicted octanol–water partition coefficient (Wildman–Crippen LogP) is 0.934. The van der Waals surface area contributed by atoms with Crippen LogP contribution < -0.4 is 0 Å². The second-order valence-corrected chi connectivity index (χ2v) is 5.16. The lowest BCUT2D eigenvalue weighted by Gasteiger charge is -2.09. The van der Waals surface area contributed by atoms with Gasteiger partial charge in [-0.2, -0.15) is 4.31 Å². The lowest BCUT2D eigenvalue weighted by molar-refractivity contribution is -0.119. The van der Waals surface area contributed by atoms with Gasteiger partial charge < -0.3 is 0 Å². The summed E-state index contributed by atoms with van der Waals surface area (Å²) in [7, 11) is -4.03. The van der Waals surface area contributed by atoms with Gasteiger partial charge in [-0.1, -0.05) is 18.2 Å². The molecule has 0 saturated heterocycles. The molecule has 5 nitrogen and oxygen atoms in total. The molecule has 0 saturated carbocycles. The van der Waals surface area contributed by atoms with Crippen LogP contribution in [0.25, 0.3) is 0 Å². The maximum atomic E-state index is 12.0. The Balaban J connectivity index is 2.63. The summed E-state index contributed by atoms with van der Waals surface area (Å²) in [6.45, 7) is 1.57. The van der Waals surface area contributed by atoms with Gasteiger partial charge >= 0.3 is 0 Å². The Hall–Kier alpha value is -1.95. The third-order valence-electron chi connectivity index (χ3n) is 2.33. The summed E-state index contributed by atoms with van der Waals surface area (Å²) in [5, 5.41) is 0. The normalized spacial score (nSPS) is 17.5. The van der Waals surface area contributed by atoms with Crippen LogP contribution in [0.1, 0.15) is 17.3 Å². The molecule has 1 aliphatic heterocycles. The second kappa shape index (κ2) is 3.81. The summed E-state index contributed by atoms with van der Waals surface area (Å²) in [6, 6.07) is 5.76. The van der Waals surface area contributed by atoms with Crippen molar-refractivity contribution in [3.05, 3.63) is 42.0 Å². The van der Waals surface area contributed by atoms with Gasteiger partial charge in [0.05, 0.1) is 5.56 Å². The zero-order valence-electron chi connectivity index (χ0n) is 8.95. The highest BCUT2D eigenvalue weighted by molar-refractivity contribution is 7.90. The smallest absolute Gasteiger partial charge is 0.268 e. The van der Waals surface area contributed by atoms with E-state index in [-0.39, 0.29) is 14.8 Å². The van der Waals surface area contributed by atoms with Crippen molar-refractivity contribution in [2.24, 2.45) is 0 Å². The third kappa shape index (κ3) is 1.57. The van der Waals surface area contributed by atoms with Crippen LogP contribution in [-0.4, -0.2) is 24.5 Å². The minimum atomic E-state index is -4.03. The number of carbonyl (C=O) groups excluding carboxylic acids is 2. The van der Waals surface area contributed by atoms with Crippen LogP contribution in [0, 0.1) is 0 Å². The van der Waals surface area contributed by atoms with Crippen molar-refractivity contribution in [1.29, 1.82) is 0 Å². The number of amides is 2. The fraction of sp³-hybridized carbons (Fsp3) is 0.0909.